The van der Waals surface area contributed by atoms with Gasteiger partial charge in [0.05, 0.1) is 12.1 Å². The van der Waals surface area contributed by atoms with Crippen molar-refractivity contribution < 1.29 is 4.79 Å². The van der Waals surface area contributed by atoms with Gasteiger partial charge in [0.15, 0.2) is 0 Å². The Kier molecular flexibility index (Phi) is 4.33. The minimum absolute atomic E-state index is 0.0185. The van der Waals surface area contributed by atoms with Gasteiger partial charge in [-0.05, 0) is 30.5 Å². The minimum atomic E-state index is -0.0185. The molecule has 0 fully saturated rings. The van der Waals surface area contributed by atoms with Gasteiger partial charge in [-0.1, -0.05) is 17.7 Å². The third kappa shape index (κ3) is 3.09. The van der Waals surface area contributed by atoms with Crippen molar-refractivity contribution in [2.75, 3.05) is 6.54 Å². The van der Waals surface area contributed by atoms with Crippen molar-refractivity contribution in [3.63, 3.8) is 0 Å². The number of amides is 1. The molecule has 5 heteroatoms. The summed E-state index contributed by atoms with van der Waals surface area (Å²) in [5.41, 5.74) is 0.567. The van der Waals surface area contributed by atoms with Crippen LogP contribution in [0.4, 0.5) is 0 Å². The van der Waals surface area contributed by atoms with Gasteiger partial charge in [0.25, 0.3) is 5.91 Å². The molecule has 0 spiro atoms. The predicted octanol–water partition coefficient (Wildman–Crippen LogP) is 3.46. The number of rotatable bonds is 4. The lowest BCUT2D eigenvalue weighted by Gasteiger charge is -2.20. The molecule has 0 saturated heterocycles. The second-order valence-electron chi connectivity index (χ2n) is 3.77. The highest BCUT2D eigenvalue weighted by molar-refractivity contribution is 7.09. The van der Waals surface area contributed by atoms with Crippen molar-refractivity contribution in [2.24, 2.45) is 0 Å². The molecule has 0 saturated carbocycles. The number of nitrogens with zero attached hydrogens (tertiary/aromatic N) is 2. The summed E-state index contributed by atoms with van der Waals surface area (Å²) in [7, 11) is 0. The van der Waals surface area contributed by atoms with Gasteiger partial charge in [-0.2, -0.15) is 0 Å². The molecule has 1 amide bonds. The van der Waals surface area contributed by atoms with Crippen LogP contribution in [0.1, 0.15) is 22.2 Å². The Morgan fingerprint density at radius 1 is 1.44 bits per heavy atom. The van der Waals surface area contributed by atoms with Crippen LogP contribution in [0.15, 0.2) is 35.8 Å². The first-order chi connectivity index (χ1) is 8.70. The van der Waals surface area contributed by atoms with Crippen LogP contribution in [0.2, 0.25) is 5.15 Å². The van der Waals surface area contributed by atoms with Crippen LogP contribution in [-0.4, -0.2) is 22.3 Å². The van der Waals surface area contributed by atoms with E-state index < -0.39 is 0 Å². The highest BCUT2D eigenvalue weighted by atomic mass is 35.5. The molecule has 0 aliphatic heterocycles. The van der Waals surface area contributed by atoms with Crippen LogP contribution in [0.5, 0.6) is 0 Å². The van der Waals surface area contributed by atoms with E-state index in [-0.39, 0.29) is 5.91 Å². The van der Waals surface area contributed by atoms with E-state index in [1.807, 2.05) is 24.4 Å². The minimum Gasteiger partial charge on any atom is -0.334 e. The number of carbonyl (C=O) groups is 1. The molecule has 0 aromatic carbocycles. The standard InChI is InChI=1S/C13H13ClN2OS/c1-2-16(9-11-4-3-7-18-11)13(17)10-5-6-12(14)15-8-10/h3-8H,2,9H2,1H3. The van der Waals surface area contributed by atoms with Crippen molar-refractivity contribution >= 4 is 28.8 Å². The van der Waals surface area contributed by atoms with Crippen LogP contribution in [0.25, 0.3) is 0 Å². The lowest BCUT2D eigenvalue weighted by atomic mass is 10.2. The molecule has 2 rings (SSSR count). The maximum absolute atomic E-state index is 12.3. The molecular formula is C13H13ClN2OS. The Morgan fingerprint density at radius 2 is 2.28 bits per heavy atom. The summed E-state index contributed by atoms with van der Waals surface area (Å²) < 4.78 is 0. The maximum atomic E-state index is 12.3. The zero-order valence-corrected chi connectivity index (χ0v) is 11.5. The summed E-state index contributed by atoms with van der Waals surface area (Å²) >= 11 is 7.36. The molecule has 0 aliphatic carbocycles. The lowest BCUT2D eigenvalue weighted by Crippen LogP contribution is -2.30. The van der Waals surface area contributed by atoms with Crippen molar-refractivity contribution in [1.82, 2.24) is 9.88 Å². The SMILES string of the molecule is CCN(Cc1cccs1)C(=O)c1ccc(Cl)nc1. The third-order valence-corrected chi connectivity index (χ3v) is 3.65. The van der Waals surface area contributed by atoms with Crippen LogP contribution >= 0.6 is 22.9 Å². The van der Waals surface area contributed by atoms with Crippen LogP contribution in [0, 0.1) is 0 Å². The summed E-state index contributed by atoms with van der Waals surface area (Å²) in [6.07, 6.45) is 1.52. The Labute approximate surface area is 115 Å². The quantitative estimate of drug-likeness (QED) is 0.804. The smallest absolute Gasteiger partial charge is 0.255 e. The molecule has 0 aliphatic rings. The molecule has 2 heterocycles. The second-order valence-corrected chi connectivity index (χ2v) is 5.19. The number of thiophene rings is 1. The fourth-order valence-electron chi connectivity index (χ4n) is 1.60. The summed E-state index contributed by atoms with van der Waals surface area (Å²) in [4.78, 5) is 19.2. The normalized spacial score (nSPS) is 10.3. The van der Waals surface area contributed by atoms with Gasteiger partial charge >= 0.3 is 0 Å². The summed E-state index contributed by atoms with van der Waals surface area (Å²) in [6.45, 7) is 3.27. The average molecular weight is 281 g/mol. The Hall–Kier alpha value is -1.39. The molecule has 18 heavy (non-hydrogen) atoms. The van der Waals surface area contributed by atoms with Crippen molar-refractivity contribution in [3.05, 3.63) is 51.4 Å². The van der Waals surface area contributed by atoms with Crippen molar-refractivity contribution in [3.8, 4) is 0 Å². The van der Waals surface area contributed by atoms with Crippen LogP contribution in [-0.2, 0) is 6.54 Å². The summed E-state index contributed by atoms with van der Waals surface area (Å²) in [5, 5.41) is 2.41. The van der Waals surface area contributed by atoms with Gasteiger partial charge in [-0.25, -0.2) is 4.98 Å². The molecule has 0 N–H and O–H groups in total. The van der Waals surface area contributed by atoms with E-state index in [1.165, 1.54) is 11.1 Å². The van der Waals surface area contributed by atoms with Gasteiger partial charge in [-0.15, -0.1) is 11.3 Å². The molecule has 3 nitrogen and oxygen atoms in total. The first kappa shape index (κ1) is 13.1. The largest absolute Gasteiger partial charge is 0.334 e. The van der Waals surface area contributed by atoms with Gasteiger partial charge < -0.3 is 4.90 Å². The number of pyridine rings is 1. The number of hydrogen-bond donors (Lipinski definition) is 0. The highest BCUT2D eigenvalue weighted by Crippen LogP contribution is 2.14. The fourth-order valence-corrected chi connectivity index (χ4v) is 2.43. The predicted molar refractivity (Wildman–Crippen MR) is 74.0 cm³/mol. The van der Waals surface area contributed by atoms with Gasteiger partial charge in [0.2, 0.25) is 0 Å². The van der Waals surface area contributed by atoms with Gasteiger partial charge in [0, 0.05) is 17.6 Å². The topological polar surface area (TPSA) is 33.2 Å². The van der Waals surface area contributed by atoms with Gasteiger partial charge in [0.1, 0.15) is 5.15 Å². The van der Waals surface area contributed by atoms with E-state index in [4.69, 9.17) is 11.6 Å². The Balaban J connectivity index is 2.12. The zero-order chi connectivity index (χ0) is 13.0. The molecule has 2 aromatic heterocycles. The Morgan fingerprint density at radius 3 is 2.83 bits per heavy atom. The summed E-state index contributed by atoms with van der Waals surface area (Å²) in [6, 6.07) is 7.35. The Bertz CT molecular complexity index is 510. The first-order valence-electron chi connectivity index (χ1n) is 5.64. The number of hydrogen-bond acceptors (Lipinski definition) is 3. The first-order valence-corrected chi connectivity index (χ1v) is 6.89. The molecule has 94 valence electrons. The van der Waals surface area contributed by atoms with E-state index in [9.17, 15) is 4.79 Å². The van der Waals surface area contributed by atoms with E-state index in [2.05, 4.69) is 4.98 Å². The monoisotopic (exact) mass is 280 g/mol. The molecule has 2 aromatic rings. The van der Waals surface area contributed by atoms with E-state index in [1.54, 1.807) is 28.4 Å². The highest BCUT2D eigenvalue weighted by Gasteiger charge is 2.15. The van der Waals surface area contributed by atoms with Crippen LogP contribution < -0.4 is 0 Å². The fraction of sp³-hybridized carbons (Fsp3) is 0.231. The number of carbonyl (C=O) groups excluding carboxylic acids is 1. The molecule has 0 radical (unpaired) electrons. The van der Waals surface area contributed by atoms with E-state index in [0.29, 0.717) is 23.8 Å². The zero-order valence-electron chi connectivity index (χ0n) is 9.97. The van der Waals surface area contributed by atoms with E-state index in [0.717, 1.165) is 0 Å². The third-order valence-electron chi connectivity index (χ3n) is 2.57. The lowest BCUT2D eigenvalue weighted by molar-refractivity contribution is 0.0754. The number of aromatic nitrogens is 1. The molecule has 0 unspecified atom stereocenters. The second kappa shape index (κ2) is 5.98. The molecular weight excluding hydrogens is 268 g/mol. The van der Waals surface area contributed by atoms with E-state index >= 15 is 0 Å². The van der Waals surface area contributed by atoms with Crippen LogP contribution in [0.3, 0.4) is 0 Å². The number of halogens is 1. The maximum Gasteiger partial charge on any atom is 0.255 e. The molecule has 0 atom stereocenters. The average Bonchev–Trinajstić information content (AvgIpc) is 2.89. The van der Waals surface area contributed by atoms with Gasteiger partial charge in [-0.3, -0.25) is 4.79 Å². The molecule has 0 bridgehead atoms. The summed E-state index contributed by atoms with van der Waals surface area (Å²) in [5.74, 6) is -0.0185. The van der Waals surface area contributed by atoms with Crippen molar-refractivity contribution in [2.45, 2.75) is 13.5 Å². The van der Waals surface area contributed by atoms with Crippen molar-refractivity contribution in [1.29, 1.82) is 0 Å².